The first-order valence-corrected chi connectivity index (χ1v) is 10.7. The Morgan fingerprint density at radius 1 is 1.33 bits per heavy atom. The largest absolute Gasteiger partial charge is 0.471 e. The van der Waals surface area contributed by atoms with Crippen molar-refractivity contribution in [3.05, 3.63) is 40.5 Å². The number of carbonyl (C=O) groups excluding carboxylic acids is 1. The van der Waals surface area contributed by atoms with E-state index in [2.05, 4.69) is 51.8 Å². The molecule has 160 valence electrons. The van der Waals surface area contributed by atoms with Gasteiger partial charge in [0.25, 0.3) is 5.91 Å². The predicted molar refractivity (Wildman–Crippen MR) is 118 cm³/mol. The van der Waals surface area contributed by atoms with E-state index in [-0.39, 0.29) is 12.5 Å². The van der Waals surface area contributed by atoms with Gasteiger partial charge >= 0.3 is 0 Å². The summed E-state index contributed by atoms with van der Waals surface area (Å²) in [6.07, 6.45) is 8.65. The lowest BCUT2D eigenvalue weighted by molar-refractivity contribution is 0.0963. The van der Waals surface area contributed by atoms with E-state index in [1.165, 1.54) is 19.0 Å². The molecule has 1 aliphatic rings. The molecule has 0 aliphatic carbocycles. The molecule has 30 heavy (non-hydrogen) atoms. The number of aliphatic imine (C=N–C) groups is 1. The van der Waals surface area contributed by atoms with Crippen molar-refractivity contribution in [2.75, 3.05) is 33.3 Å². The fourth-order valence-corrected chi connectivity index (χ4v) is 3.40. The number of rotatable bonds is 9. The molecule has 0 radical (unpaired) electrons. The minimum atomic E-state index is -0.205. The Labute approximate surface area is 184 Å². The molecule has 0 aromatic carbocycles. The van der Waals surface area contributed by atoms with E-state index in [1.807, 2.05) is 0 Å². The molecule has 0 spiro atoms. The molecular formula is C20H26BrN7O2. The van der Waals surface area contributed by atoms with Crippen molar-refractivity contribution >= 4 is 33.7 Å². The van der Waals surface area contributed by atoms with Crippen molar-refractivity contribution in [3.63, 3.8) is 0 Å². The van der Waals surface area contributed by atoms with Crippen LogP contribution in [-0.2, 0) is 6.54 Å². The highest BCUT2D eigenvalue weighted by atomic mass is 79.9. The summed E-state index contributed by atoms with van der Waals surface area (Å²) in [5.41, 5.74) is 1.75. The molecule has 2 aromatic rings. The Bertz CT molecular complexity index is 855. The van der Waals surface area contributed by atoms with Crippen molar-refractivity contribution in [1.82, 2.24) is 30.9 Å². The topological polar surface area (TPSA) is 113 Å². The third kappa shape index (κ3) is 6.54. The molecule has 1 saturated heterocycles. The van der Waals surface area contributed by atoms with Crippen LogP contribution in [0.3, 0.4) is 0 Å². The first kappa shape index (κ1) is 22.3. The van der Waals surface area contributed by atoms with Crippen LogP contribution in [0.2, 0.25) is 0 Å². The molecule has 3 rings (SSSR count). The number of ether oxygens (including phenoxy) is 1. The molecule has 10 heteroatoms. The second-order valence-corrected chi connectivity index (χ2v) is 7.67. The number of nitrogens with zero attached hydrogens (tertiary/aromatic N) is 4. The van der Waals surface area contributed by atoms with E-state index >= 15 is 0 Å². The SMILES string of the molecule is CNC(=O)c1ccnc(CNCC2CCNCC2)c1/N=C/COc1cnc(Br)cn1. The Kier molecular flexibility index (Phi) is 8.66. The first-order valence-electron chi connectivity index (χ1n) is 9.91. The maximum absolute atomic E-state index is 12.3. The third-order valence-electron chi connectivity index (χ3n) is 4.78. The smallest absolute Gasteiger partial charge is 0.253 e. The minimum Gasteiger partial charge on any atom is -0.471 e. The maximum Gasteiger partial charge on any atom is 0.253 e. The van der Waals surface area contributed by atoms with Crippen LogP contribution in [0.1, 0.15) is 28.9 Å². The summed E-state index contributed by atoms with van der Waals surface area (Å²) in [4.78, 5) is 29.4. The van der Waals surface area contributed by atoms with Crippen molar-refractivity contribution in [3.8, 4) is 5.88 Å². The number of hydrogen-bond donors (Lipinski definition) is 3. The summed E-state index contributed by atoms with van der Waals surface area (Å²) in [6.45, 7) is 3.78. The zero-order valence-electron chi connectivity index (χ0n) is 16.9. The Morgan fingerprint density at radius 3 is 2.90 bits per heavy atom. The quantitative estimate of drug-likeness (QED) is 0.474. The normalized spacial score (nSPS) is 14.7. The van der Waals surface area contributed by atoms with E-state index in [9.17, 15) is 4.79 Å². The van der Waals surface area contributed by atoms with Gasteiger partial charge in [-0.25, -0.2) is 9.97 Å². The second kappa shape index (κ2) is 11.7. The van der Waals surface area contributed by atoms with Gasteiger partial charge in [-0.05, 0) is 60.4 Å². The number of aromatic nitrogens is 3. The molecule has 3 heterocycles. The van der Waals surface area contributed by atoms with Gasteiger partial charge in [-0.1, -0.05) is 0 Å². The van der Waals surface area contributed by atoms with Crippen molar-refractivity contribution in [2.24, 2.45) is 10.9 Å². The first-order chi connectivity index (χ1) is 14.7. The van der Waals surface area contributed by atoms with Gasteiger partial charge in [-0.3, -0.25) is 14.8 Å². The van der Waals surface area contributed by atoms with Gasteiger partial charge in [0.2, 0.25) is 5.88 Å². The zero-order chi connectivity index (χ0) is 21.2. The third-order valence-corrected chi connectivity index (χ3v) is 5.19. The Hall–Kier alpha value is -2.43. The summed E-state index contributed by atoms with van der Waals surface area (Å²) in [6, 6.07) is 1.67. The van der Waals surface area contributed by atoms with Crippen molar-refractivity contribution in [2.45, 2.75) is 19.4 Å². The highest BCUT2D eigenvalue weighted by Crippen LogP contribution is 2.23. The number of hydrogen-bond acceptors (Lipinski definition) is 8. The van der Waals surface area contributed by atoms with Crippen LogP contribution in [0.5, 0.6) is 5.88 Å². The highest BCUT2D eigenvalue weighted by Gasteiger charge is 2.16. The average Bonchev–Trinajstić information content (AvgIpc) is 2.78. The summed E-state index contributed by atoms with van der Waals surface area (Å²) in [5.74, 6) is 0.843. The van der Waals surface area contributed by atoms with Crippen LogP contribution in [0.15, 0.2) is 34.3 Å². The van der Waals surface area contributed by atoms with Gasteiger partial charge in [0, 0.05) is 26.0 Å². The van der Waals surface area contributed by atoms with Gasteiger partial charge < -0.3 is 20.7 Å². The average molecular weight is 476 g/mol. The predicted octanol–water partition coefficient (Wildman–Crippen LogP) is 1.86. The summed E-state index contributed by atoms with van der Waals surface area (Å²) in [7, 11) is 1.60. The molecule has 0 saturated carbocycles. The van der Waals surface area contributed by atoms with Crippen LogP contribution in [-0.4, -0.2) is 60.4 Å². The summed E-state index contributed by atoms with van der Waals surface area (Å²) < 4.78 is 6.16. The van der Waals surface area contributed by atoms with Crippen molar-refractivity contribution in [1.29, 1.82) is 0 Å². The summed E-state index contributed by atoms with van der Waals surface area (Å²) >= 11 is 3.23. The number of halogens is 1. The van der Waals surface area contributed by atoms with E-state index in [1.54, 1.807) is 31.7 Å². The standard InChI is InChI=1S/C20H26BrN7O2/c1-22-20(29)15-4-7-25-16(11-24-10-14-2-5-23-6-3-14)19(15)26-8-9-30-18-13-27-17(21)12-28-18/h4,7-8,12-14,23-24H,2-3,5-6,9-11H2,1H3,(H,22,29)/b26-8+. The van der Waals surface area contributed by atoms with Crippen LogP contribution >= 0.6 is 15.9 Å². The Balaban J connectivity index is 1.65. The molecule has 1 fully saturated rings. The van der Waals surface area contributed by atoms with E-state index < -0.39 is 0 Å². The molecular weight excluding hydrogens is 450 g/mol. The van der Waals surface area contributed by atoms with Crippen LogP contribution in [0.4, 0.5) is 5.69 Å². The lowest BCUT2D eigenvalue weighted by Gasteiger charge is -2.22. The highest BCUT2D eigenvalue weighted by molar-refractivity contribution is 9.10. The molecule has 9 nitrogen and oxygen atoms in total. The number of amides is 1. The van der Waals surface area contributed by atoms with Gasteiger partial charge in [-0.2, -0.15) is 0 Å². The maximum atomic E-state index is 12.3. The Morgan fingerprint density at radius 2 is 2.17 bits per heavy atom. The zero-order valence-corrected chi connectivity index (χ0v) is 18.5. The summed E-state index contributed by atoms with van der Waals surface area (Å²) in [5, 5.41) is 9.50. The van der Waals surface area contributed by atoms with Gasteiger partial charge in [0.15, 0.2) is 0 Å². The molecule has 0 unspecified atom stereocenters. The number of pyridine rings is 1. The monoisotopic (exact) mass is 475 g/mol. The molecule has 2 aromatic heterocycles. The van der Waals surface area contributed by atoms with Crippen LogP contribution in [0, 0.1) is 5.92 Å². The lowest BCUT2D eigenvalue weighted by Crippen LogP contribution is -2.33. The van der Waals surface area contributed by atoms with E-state index in [0.29, 0.717) is 34.2 Å². The van der Waals surface area contributed by atoms with Gasteiger partial charge in [-0.15, -0.1) is 0 Å². The van der Waals surface area contributed by atoms with Crippen molar-refractivity contribution < 1.29 is 9.53 Å². The number of piperidine rings is 1. The lowest BCUT2D eigenvalue weighted by atomic mass is 9.98. The molecule has 1 amide bonds. The van der Waals surface area contributed by atoms with Gasteiger partial charge in [0.1, 0.15) is 11.2 Å². The minimum absolute atomic E-state index is 0.195. The molecule has 1 aliphatic heterocycles. The number of nitrogens with one attached hydrogen (secondary N) is 3. The van der Waals surface area contributed by atoms with Crippen LogP contribution in [0.25, 0.3) is 0 Å². The second-order valence-electron chi connectivity index (χ2n) is 6.86. The molecule has 0 bridgehead atoms. The fraction of sp³-hybridized carbons (Fsp3) is 0.450. The fourth-order valence-electron chi connectivity index (χ4n) is 3.20. The molecule has 0 atom stereocenters. The van der Waals surface area contributed by atoms with Crippen LogP contribution < -0.4 is 20.7 Å². The molecule has 3 N–H and O–H groups in total. The van der Waals surface area contributed by atoms with E-state index in [0.717, 1.165) is 25.3 Å². The van der Waals surface area contributed by atoms with E-state index in [4.69, 9.17) is 4.74 Å². The number of carbonyl (C=O) groups is 1. The van der Waals surface area contributed by atoms with Gasteiger partial charge in [0.05, 0.1) is 29.3 Å².